The molecule has 2 aromatic carbocycles. The van der Waals surface area contributed by atoms with Crippen molar-refractivity contribution in [2.45, 2.75) is 64.8 Å². The lowest BCUT2D eigenvalue weighted by molar-refractivity contribution is -0.360. The average molecular weight is 643 g/mol. The molecule has 3 unspecified atom stereocenters. The Balaban J connectivity index is 1.80. The van der Waals surface area contributed by atoms with Crippen molar-refractivity contribution in [3.05, 3.63) is 82.0 Å². The Hall–Kier alpha value is -4.46. The molecule has 1 aliphatic heterocycles. The van der Waals surface area contributed by atoms with Crippen molar-refractivity contribution in [1.29, 1.82) is 0 Å². The average Bonchev–Trinajstić information content (AvgIpc) is 3.45. The molecule has 238 valence electrons. The number of benzene rings is 2. The van der Waals surface area contributed by atoms with E-state index in [2.05, 4.69) is 0 Å². The third kappa shape index (κ3) is 7.62. The number of hydrogen-bond acceptors (Lipinski definition) is 12. The fraction of sp³-hybridized carbons (Fsp3) is 0.344. The molecule has 5 atom stereocenters. The van der Waals surface area contributed by atoms with Crippen molar-refractivity contribution in [2.24, 2.45) is 0 Å². The molecule has 0 bridgehead atoms. The van der Waals surface area contributed by atoms with Crippen LogP contribution in [0.5, 0.6) is 0 Å². The predicted molar refractivity (Wildman–Crippen MR) is 156 cm³/mol. The second-order valence-corrected chi connectivity index (χ2v) is 11.4. The first-order valence-corrected chi connectivity index (χ1v) is 14.6. The number of hydrogen-bond donors (Lipinski definition) is 1. The summed E-state index contributed by atoms with van der Waals surface area (Å²) in [5.74, 6) is -6.67. The molecule has 11 nitrogen and oxygen atoms in total. The largest absolute Gasteiger partial charge is 0.463 e. The number of aliphatic hydroxyl groups is 1. The minimum atomic E-state index is -2.59. The van der Waals surface area contributed by atoms with Crippen LogP contribution in [-0.4, -0.2) is 65.8 Å². The maximum absolute atomic E-state index is 13.7. The highest BCUT2D eigenvalue weighted by molar-refractivity contribution is 7.17. The van der Waals surface area contributed by atoms with Gasteiger partial charge in [0.1, 0.15) is 18.5 Å². The predicted octanol–water partition coefficient (Wildman–Crippen LogP) is 4.00. The summed E-state index contributed by atoms with van der Waals surface area (Å²) in [4.78, 5) is 63.0. The summed E-state index contributed by atoms with van der Waals surface area (Å²) in [6, 6.07) is 13.5. The molecule has 45 heavy (non-hydrogen) atoms. The van der Waals surface area contributed by atoms with Gasteiger partial charge in [0.05, 0.1) is 4.88 Å². The molecule has 0 aliphatic carbocycles. The fourth-order valence-electron chi connectivity index (χ4n) is 4.96. The number of aryl methyl sites for hydroxylation is 1. The second kappa shape index (κ2) is 13.7. The number of carbonyl (C=O) groups excluding carboxylic acids is 5. The summed E-state index contributed by atoms with van der Waals surface area (Å²) < 4.78 is 40.7. The van der Waals surface area contributed by atoms with Crippen LogP contribution in [0.2, 0.25) is 0 Å². The molecule has 4 rings (SSSR count). The van der Waals surface area contributed by atoms with Gasteiger partial charge < -0.3 is 28.8 Å². The van der Waals surface area contributed by atoms with E-state index in [0.717, 1.165) is 38.1 Å². The molecule has 0 amide bonds. The Morgan fingerprint density at radius 2 is 1.47 bits per heavy atom. The molecular weight excluding hydrogens is 611 g/mol. The zero-order chi connectivity index (χ0) is 33.1. The summed E-state index contributed by atoms with van der Waals surface area (Å²) in [6.45, 7) is 5.47. The molecule has 0 radical (unpaired) electrons. The number of thiophene rings is 1. The van der Waals surface area contributed by atoms with E-state index in [1.807, 2.05) is 0 Å². The Bertz CT molecular complexity index is 1620. The maximum Gasteiger partial charge on any atom is 0.303 e. The molecule has 1 fully saturated rings. The van der Waals surface area contributed by atoms with Crippen LogP contribution in [0.15, 0.2) is 54.6 Å². The van der Waals surface area contributed by atoms with Gasteiger partial charge in [-0.2, -0.15) is 0 Å². The van der Waals surface area contributed by atoms with Crippen LogP contribution in [0.1, 0.15) is 54.1 Å². The summed E-state index contributed by atoms with van der Waals surface area (Å²) in [5.41, 5.74) is 1.36. The minimum Gasteiger partial charge on any atom is -0.463 e. The van der Waals surface area contributed by atoms with Gasteiger partial charge in [0.15, 0.2) is 12.2 Å². The lowest BCUT2D eigenvalue weighted by Crippen LogP contribution is -2.66. The van der Waals surface area contributed by atoms with Crippen LogP contribution in [0, 0.1) is 12.7 Å². The molecule has 1 aromatic heterocycles. The van der Waals surface area contributed by atoms with Crippen LogP contribution >= 0.6 is 11.3 Å². The molecule has 2 heterocycles. The lowest BCUT2D eigenvalue weighted by Gasteiger charge is -2.48. The van der Waals surface area contributed by atoms with Crippen LogP contribution in [0.3, 0.4) is 0 Å². The van der Waals surface area contributed by atoms with E-state index in [0.29, 0.717) is 10.4 Å². The minimum absolute atomic E-state index is 0.0655. The SMILES string of the molecule is CC(=O)OCC1OC(O)(c2ccc(C)c(C(=O)c3ccc(-c4ccc(F)cc4)s3)c2)[C@H](OC(C)=O)C(OC(C)=O)[C@@H]1OC(C)=O. The number of esters is 4. The van der Waals surface area contributed by atoms with Gasteiger partial charge in [-0.25, -0.2) is 4.39 Å². The fourth-order valence-corrected chi connectivity index (χ4v) is 5.93. The molecule has 1 aliphatic rings. The number of ether oxygens (including phenoxy) is 5. The first-order chi connectivity index (χ1) is 21.2. The highest BCUT2D eigenvalue weighted by Crippen LogP contribution is 2.42. The third-order valence-corrected chi connectivity index (χ3v) is 8.04. The Kier molecular flexibility index (Phi) is 10.2. The Labute approximate surface area is 261 Å². The Morgan fingerprint density at radius 1 is 0.844 bits per heavy atom. The van der Waals surface area contributed by atoms with E-state index in [1.165, 1.54) is 35.6 Å². The van der Waals surface area contributed by atoms with Gasteiger partial charge >= 0.3 is 23.9 Å². The van der Waals surface area contributed by atoms with Crippen molar-refractivity contribution < 1.29 is 57.2 Å². The van der Waals surface area contributed by atoms with E-state index < -0.39 is 66.5 Å². The van der Waals surface area contributed by atoms with Gasteiger partial charge in [0.25, 0.3) is 0 Å². The molecule has 1 saturated heterocycles. The van der Waals surface area contributed by atoms with E-state index in [1.54, 1.807) is 37.3 Å². The van der Waals surface area contributed by atoms with E-state index in [9.17, 15) is 33.5 Å². The normalized spacial score (nSPS) is 22.6. The second-order valence-electron chi connectivity index (χ2n) is 10.4. The maximum atomic E-state index is 13.7. The zero-order valence-electron chi connectivity index (χ0n) is 25.0. The molecule has 3 aromatic rings. The van der Waals surface area contributed by atoms with E-state index >= 15 is 0 Å². The van der Waals surface area contributed by atoms with Crippen molar-refractivity contribution in [2.75, 3.05) is 6.61 Å². The zero-order valence-corrected chi connectivity index (χ0v) is 25.8. The first-order valence-electron chi connectivity index (χ1n) is 13.8. The van der Waals surface area contributed by atoms with Gasteiger partial charge in [-0.15, -0.1) is 11.3 Å². The smallest absolute Gasteiger partial charge is 0.303 e. The van der Waals surface area contributed by atoms with Crippen LogP contribution in [-0.2, 0) is 48.6 Å². The number of rotatable bonds is 9. The van der Waals surface area contributed by atoms with Crippen molar-refractivity contribution in [3.8, 4) is 10.4 Å². The van der Waals surface area contributed by atoms with Crippen molar-refractivity contribution in [1.82, 2.24) is 0 Å². The molecule has 13 heteroatoms. The molecule has 0 spiro atoms. The van der Waals surface area contributed by atoms with Gasteiger partial charge in [-0.3, -0.25) is 24.0 Å². The van der Waals surface area contributed by atoms with Gasteiger partial charge in [-0.05, 0) is 48.4 Å². The standard InChI is InChI=1S/C32H31FO11S/c1-16-6-9-22(14-24(16)28(38)27-13-12-26(45-27)21-7-10-23(33)11-8-21)32(39)31(43-20(5)37)30(42-19(4)36)29(41-18(3)35)25(44-32)15-40-17(2)34/h6-14,25,29-31,39H,15H2,1-5H3/t25?,29-,30?,31-,32?/m1/s1. The molecule has 0 saturated carbocycles. The topological polar surface area (TPSA) is 152 Å². The van der Waals surface area contributed by atoms with Crippen LogP contribution < -0.4 is 0 Å². The number of halogens is 1. The van der Waals surface area contributed by atoms with Gasteiger partial charge in [0.2, 0.25) is 17.7 Å². The summed E-state index contributed by atoms with van der Waals surface area (Å²) in [6.07, 6.45) is -6.30. The lowest BCUT2D eigenvalue weighted by atomic mass is 9.86. The van der Waals surface area contributed by atoms with Crippen molar-refractivity contribution in [3.63, 3.8) is 0 Å². The monoisotopic (exact) mass is 642 g/mol. The van der Waals surface area contributed by atoms with E-state index in [-0.39, 0.29) is 16.9 Å². The third-order valence-electron chi connectivity index (χ3n) is 6.91. The summed E-state index contributed by atoms with van der Waals surface area (Å²) in [5, 5.41) is 12.2. The van der Waals surface area contributed by atoms with Crippen LogP contribution in [0.25, 0.3) is 10.4 Å². The van der Waals surface area contributed by atoms with Crippen LogP contribution in [0.4, 0.5) is 4.39 Å². The molecule has 1 N–H and O–H groups in total. The highest BCUT2D eigenvalue weighted by Gasteiger charge is 2.60. The Morgan fingerprint density at radius 3 is 2.07 bits per heavy atom. The number of ketones is 1. The van der Waals surface area contributed by atoms with Gasteiger partial charge in [0, 0.05) is 43.7 Å². The highest BCUT2D eigenvalue weighted by atomic mass is 32.1. The van der Waals surface area contributed by atoms with Gasteiger partial charge in [-0.1, -0.05) is 24.3 Å². The summed E-state index contributed by atoms with van der Waals surface area (Å²) >= 11 is 1.19. The first kappa shape index (κ1) is 33.4. The van der Waals surface area contributed by atoms with E-state index in [4.69, 9.17) is 23.7 Å². The molecular formula is C32H31FO11S. The number of carbonyl (C=O) groups is 5. The van der Waals surface area contributed by atoms with Crippen molar-refractivity contribution >= 4 is 41.0 Å². The summed E-state index contributed by atoms with van der Waals surface area (Å²) in [7, 11) is 0. The quantitative estimate of drug-likeness (QED) is 0.205.